The van der Waals surface area contributed by atoms with E-state index in [9.17, 15) is 0 Å². The van der Waals surface area contributed by atoms with E-state index in [1.165, 1.54) is 18.7 Å². The summed E-state index contributed by atoms with van der Waals surface area (Å²) in [5.41, 5.74) is 1.69. The number of piperazine rings is 1. The highest BCUT2D eigenvalue weighted by molar-refractivity contribution is 5.21. The van der Waals surface area contributed by atoms with Gasteiger partial charge in [-0.25, -0.2) is 0 Å². The summed E-state index contributed by atoms with van der Waals surface area (Å²) >= 11 is 0. The van der Waals surface area contributed by atoms with Gasteiger partial charge >= 0.3 is 0 Å². The second-order valence-corrected chi connectivity index (χ2v) is 5.67. The molecule has 0 atom stereocenters. The fraction of sp³-hybridized carbons (Fsp3) is 0.600. The second-order valence-electron chi connectivity index (χ2n) is 5.67. The minimum Gasteiger partial charge on any atom is -0.314 e. The van der Waals surface area contributed by atoms with E-state index in [-0.39, 0.29) is 0 Å². The number of hydrogen-bond acceptors (Lipinski definition) is 2. The molecular formula is C15H26N2. The van der Waals surface area contributed by atoms with Gasteiger partial charge in [0.05, 0.1) is 0 Å². The zero-order chi connectivity index (χ0) is 12.7. The van der Waals surface area contributed by atoms with Crippen molar-refractivity contribution in [3.05, 3.63) is 35.9 Å². The molecule has 0 amide bonds. The van der Waals surface area contributed by atoms with Crippen LogP contribution in [-0.4, -0.2) is 38.1 Å². The van der Waals surface area contributed by atoms with Crippen LogP contribution in [0.2, 0.25) is 0 Å². The van der Waals surface area contributed by atoms with Crippen LogP contribution in [0.25, 0.3) is 0 Å². The number of rotatable bonds is 0. The van der Waals surface area contributed by atoms with Gasteiger partial charge in [0.1, 0.15) is 0 Å². The van der Waals surface area contributed by atoms with Gasteiger partial charge < -0.3 is 10.2 Å². The van der Waals surface area contributed by atoms with Crippen LogP contribution in [0.15, 0.2) is 30.3 Å². The Morgan fingerprint density at radius 1 is 1.00 bits per heavy atom. The van der Waals surface area contributed by atoms with E-state index < -0.39 is 0 Å². The van der Waals surface area contributed by atoms with Crippen LogP contribution in [-0.2, 0) is 5.41 Å². The van der Waals surface area contributed by atoms with Crippen molar-refractivity contribution in [1.29, 1.82) is 0 Å². The molecule has 0 saturated carbocycles. The van der Waals surface area contributed by atoms with Crippen molar-refractivity contribution < 1.29 is 0 Å². The molecule has 1 saturated heterocycles. The average molecular weight is 234 g/mol. The average Bonchev–Trinajstić information content (AvgIpc) is 2.31. The molecular weight excluding hydrogens is 208 g/mol. The molecule has 2 rings (SSSR count). The Morgan fingerprint density at radius 3 is 1.82 bits per heavy atom. The van der Waals surface area contributed by atoms with Crippen LogP contribution in [0.4, 0.5) is 0 Å². The van der Waals surface area contributed by atoms with E-state index in [0.29, 0.717) is 5.41 Å². The lowest BCUT2D eigenvalue weighted by atomic mass is 9.87. The fourth-order valence-corrected chi connectivity index (χ4v) is 1.71. The summed E-state index contributed by atoms with van der Waals surface area (Å²) in [5, 5.41) is 3.27. The highest BCUT2D eigenvalue weighted by Gasteiger charge is 2.11. The number of benzene rings is 1. The molecule has 2 nitrogen and oxygen atoms in total. The van der Waals surface area contributed by atoms with Gasteiger partial charge in [-0.05, 0) is 18.0 Å². The summed E-state index contributed by atoms with van der Waals surface area (Å²) in [4.78, 5) is 2.33. The molecule has 1 aromatic rings. The maximum atomic E-state index is 3.27. The van der Waals surface area contributed by atoms with Gasteiger partial charge in [-0.2, -0.15) is 0 Å². The van der Waals surface area contributed by atoms with Crippen molar-refractivity contribution in [3.8, 4) is 0 Å². The molecule has 1 aromatic carbocycles. The van der Waals surface area contributed by atoms with Gasteiger partial charge in [-0.15, -0.1) is 0 Å². The van der Waals surface area contributed by atoms with Crippen LogP contribution < -0.4 is 5.32 Å². The normalized spacial score (nSPS) is 17.2. The molecule has 17 heavy (non-hydrogen) atoms. The predicted molar refractivity (Wildman–Crippen MR) is 75.5 cm³/mol. The quantitative estimate of drug-likeness (QED) is 0.742. The van der Waals surface area contributed by atoms with Gasteiger partial charge in [0.2, 0.25) is 0 Å². The van der Waals surface area contributed by atoms with Crippen molar-refractivity contribution in [1.82, 2.24) is 10.2 Å². The SMILES string of the molecule is CC(C)(C)c1ccccc1.CN1CCNCC1. The third-order valence-corrected chi connectivity index (χ3v) is 2.98. The van der Waals surface area contributed by atoms with Crippen molar-refractivity contribution in [2.75, 3.05) is 33.2 Å². The first-order valence-electron chi connectivity index (χ1n) is 6.45. The maximum absolute atomic E-state index is 3.27. The number of hydrogen-bond donors (Lipinski definition) is 1. The lowest BCUT2D eigenvalue weighted by Gasteiger charge is -2.21. The van der Waals surface area contributed by atoms with Crippen molar-refractivity contribution in [2.45, 2.75) is 26.2 Å². The smallest absolute Gasteiger partial charge is 0.0104 e. The summed E-state index contributed by atoms with van der Waals surface area (Å²) < 4.78 is 0. The van der Waals surface area contributed by atoms with E-state index in [4.69, 9.17) is 0 Å². The molecule has 0 radical (unpaired) electrons. The highest BCUT2D eigenvalue weighted by Crippen LogP contribution is 2.20. The van der Waals surface area contributed by atoms with Crippen LogP contribution in [0, 0.1) is 0 Å². The summed E-state index contributed by atoms with van der Waals surface area (Å²) in [6.45, 7) is 11.4. The first-order valence-corrected chi connectivity index (χ1v) is 6.45. The predicted octanol–water partition coefficient (Wildman–Crippen LogP) is 2.51. The Morgan fingerprint density at radius 2 is 1.53 bits per heavy atom. The molecule has 0 unspecified atom stereocenters. The second kappa shape index (κ2) is 6.77. The zero-order valence-corrected chi connectivity index (χ0v) is 11.7. The molecule has 1 aliphatic rings. The van der Waals surface area contributed by atoms with Gasteiger partial charge in [-0.3, -0.25) is 0 Å². The Balaban J connectivity index is 0.000000181. The van der Waals surface area contributed by atoms with Gasteiger partial charge in [0.15, 0.2) is 0 Å². The molecule has 1 aliphatic heterocycles. The van der Waals surface area contributed by atoms with Crippen LogP contribution in [0.5, 0.6) is 0 Å². The van der Waals surface area contributed by atoms with E-state index in [1.54, 1.807) is 0 Å². The summed E-state index contributed by atoms with van der Waals surface area (Å²) in [5.74, 6) is 0. The van der Waals surface area contributed by atoms with Crippen LogP contribution in [0.3, 0.4) is 0 Å². The number of nitrogens with one attached hydrogen (secondary N) is 1. The molecule has 0 aliphatic carbocycles. The summed E-state index contributed by atoms with van der Waals surface area (Å²) in [6, 6.07) is 10.6. The van der Waals surface area contributed by atoms with Crippen LogP contribution >= 0.6 is 0 Å². The lowest BCUT2D eigenvalue weighted by molar-refractivity contribution is 0.291. The Bertz CT molecular complexity index is 294. The van der Waals surface area contributed by atoms with Crippen molar-refractivity contribution >= 4 is 0 Å². The largest absolute Gasteiger partial charge is 0.314 e. The molecule has 1 heterocycles. The van der Waals surface area contributed by atoms with Crippen molar-refractivity contribution in [3.63, 3.8) is 0 Å². The minimum absolute atomic E-state index is 0.293. The highest BCUT2D eigenvalue weighted by atomic mass is 15.2. The Hall–Kier alpha value is -0.860. The zero-order valence-electron chi connectivity index (χ0n) is 11.7. The fourth-order valence-electron chi connectivity index (χ4n) is 1.71. The monoisotopic (exact) mass is 234 g/mol. The third kappa shape index (κ3) is 5.85. The summed E-state index contributed by atoms with van der Waals surface area (Å²) in [7, 11) is 2.15. The molecule has 1 N–H and O–H groups in total. The maximum Gasteiger partial charge on any atom is 0.0104 e. The number of nitrogens with zero attached hydrogens (tertiary/aromatic N) is 1. The molecule has 2 heteroatoms. The van der Waals surface area contributed by atoms with Gasteiger partial charge in [-0.1, -0.05) is 51.1 Å². The van der Waals surface area contributed by atoms with E-state index in [1.807, 2.05) is 0 Å². The summed E-state index contributed by atoms with van der Waals surface area (Å²) in [6.07, 6.45) is 0. The van der Waals surface area contributed by atoms with E-state index >= 15 is 0 Å². The molecule has 96 valence electrons. The number of likely N-dealkylation sites (N-methyl/N-ethyl adjacent to an activating group) is 1. The van der Waals surface area contributed by atoms with Crippen molar-refractivity contribution in [2.24, 2.45) is 0 Å². The molecule has 0 spiro atoms. The third-order valence-electron chi connectivity index (χ3n) is 2.98. The van der Waals surface area contributed by atoms with E-state index in [2.05, 4.69) is 68.4 Å². The Labute approximate surface area is 106 Å². The first kappa shape index (κ1) is 14.2. The Kier molecular flexibility index (Phi) is 5.66. The molecule has 1 fully saturated rings. The van der Waals surface area contributed by atoms with Crippen LogP contribution in [0.1, 0.15) is 26.3 Å². The first-order chi connectivity index (χ1) is 8.00. The van der Waals surface area contributed by atoms with E-state index in [0.717, 1.165) is 13.1 Å². The van der Waals surface area contributed by atoms with Gasteiger partial charge in [0.25, 0.3) is 0 Å². The topological polar surface area (TPSA) is 15.3 Å². The molecule has 0 bridgehead atoms. The lowest BCUT2D eigenvalue weighted by Crippen LogP contribution is -2.40. The minimum atomic E-state index is 0.293. The van der Waals surface area contributed by atoms with Gasteiger partial charge in [0, 0.05) is 26.2 Å². The molecule has 0 aromatic heterocycles. The standard InChI is InChI=1S/C10H14.C5H12N2/c1-10(2,3)9-7-5-4-6-8-9;1-7-4-2-6-3-5-7/h4-8H,1-3H3;6H,2-5H2,1H3.